The van der Waals surface area contributed by atoms with Crippen molar-refractivity contribution in [3.05, 3.63) is 59.7 Å². The van der Waals surface area contributed by atoms with Gasteiger partial charge in [-0.25, -0.2) is 4.79 Å². The highest BCUT2D eigenvalue weighted by molar-refractivity contribution is 5.92. The van der Waals surface area contributed by atoms with E-state index in [2.05, 4.69) is 10.2 Å². The van der Waals surface area contributed by atoms with Crippen LogP contribution < -0.4 is 10.1 Å². The Labute approximate surface area is 176 Å². The second-order valence-corrected chi connectivity index (χ2v) is 7.04. The van der Waals surface area contributed by atoms with Gasteiger partial charge in [0.25, 0.3) is 5.91 Å². The number of amides is 1. The molecule has 1 saturated heterocycles. The summed E-state index contributed by atoms with van der Waals surface area (Å²) in [4.78, 5) is 26.2. The second-order valence-electron chi connectivity index (χ2n) is 7.04. The molecule has 1 amide bonds. The average molecular weight is 412 g/mol. The number of carbonyl (C=O) groups is 2. The van der Waals surface area contributed by atoms with Crippen molar-refractivity contribution in [3.8, 4) is 5.75 Å². The number of hydrogen-bond acceptors (Lipinski definition) is 6. The Kier molecular flexibility index (Phi) is 8.23. The molecule has 0 saturated carbocycles. The molecule has 2 aromatic rings. The summed E-state index contributed by atoms with van der Waals surface area (Å²) in [6.07, 6.45) is 0.804. The first kappa shape index (κ1) is 21.8. The lowest BCUT2D eigenvalue weighted by atomic mass is 10.1. The minimum atomic E-state index is -0.586. The molecule has 7 nitrogen and oxygen atoms in total. The maximum absolute atomic E-state index is 12.0. The molecule has 3 rings (SSSR count). The van der Waals surface area contributed by atoms with E-state index in [9.17, 15) is 9.59 Å². The van der Waals surface area contributed by atoms with Crippen molar-refractivity contribution in [2.24, 2.45) is 0 Å². The quantitative estimate of drug-likeness (QED) is 0.638. The van der Waals surface area contributed by atoms with E-state index in [1.54, 1.807) is 0 Å². The molecule has 0 unspecified atom stereocenters. The molecule has 1 aliphatic rings. The van der Waals surface area contributed by atoms with E-state index >= 15 is 0 Å². The van der Waals surface area contributed by atoms with Crippen molar-refractivity contribution in [2.75, 3.05) is 44.8 Å². The van der Waals surface area contributed by atoms with E-state index in [-0.39, 0.29) is 13.2 Å². The topological polar surface area (TPSA) is 77.1 Å². The van der Waals surface area contributed by atoms with Crippen LogP contribution in [0.5, 0.6) is 5.75 Å². The van der Waals surface area contributed by atoms with Gasteiger partial charge in [0, 0.05) is 25.3 Å². The standard InChI is InChI=1S/C23H28N2O5/c1-2-19-5-3-4-6-21(19)29-17-23(27)30-16-22(26)24-20-9-7-18(8-10-20)15-25-11-13-28-14-12-25/h3-10H,2,11-17H2,1H3,(H,24,26). The van der Waals surface area contributed by atoms with Crippen LogP contribution in [0.2, 0.25) is 0 Å². The number of hydrogen-bond donors (Lipinski definition) is 1. The molecule has 1 heterocycles. The van der Waals surface area contributed by atoms with Crippen molar-refractivity contribution in [1.82, 2.24) is 4.90 Å². The fourth-order valence-electron chi connectivity index (χ4n) is 3.17. The van der Waals surface area contributed by atoms with E-state index in [0.29, 0.717) is 11.4 Å². The Morgan fingerprint density at radius 3 is 2.50 bits per heavy atom. The van der Waals surface area contributed by atoms with E-state index in [1.165, 1.54) is 5.56 Å². The first-order chi connectivity index (χ1) is 14.6. The molecule has 1 aliphatic heterocycles. The highest BCUT2D eigenvalue weighted by Crippen LogP contribution is 2.18. The highest BCUT2D eigenvalue weighted by atomic mass is 16.6. The summed E-state index contributed by atoms with van der Waals surface area (Å²) in [7, 11) is 0. The van der Waals surface area contributed by atoms with Gasteiger partial charge in [-0.3, -0.25) is 9.69 Å². The van der Waals surface area contributed by atoms with Gasteiger partial charge in [0.15, 0.2) is 13.2 Å². The third-order valence-electron chi connectivity index (χ3n) is 4.81. The summed E-state index contributed by atoms with van der Waals surface area (Å²) in [5, 5.41) is 2.73. The summed E-state index contributed by atoms with van der Waals surface area (Å²) in [5.41, 5.74) is 2.85. The van der Waals surface area contributed by atoms with Crippen LogP contribution in [-0.2, 0) is 32.0 Å². The summed E-state index contributed by atoms with van der Waals surface area (Å²) in [6, 6.07) is 15.2. The number of carbonyl (C=O) groups excluding carboxylic acids is 2. The Bertz CT molecular complexity index is 832. The minimum Gasteiger partial charge on any atom is -0.482 e. The first-order valence-corrected chi connectivity index (χ1v) is 10.2. The Hall–Kier alpha value is -2.90. The first-order valence-electron chi connectivity index (χ1n) is 10.2. The van der Waals surface area contributed by atoms with Gasteiger partial charge >= 0.3 is 5.97 Å². The molecule has 30 heavy (non-hydrogen) atoms. The van der Waals surface area contributed by atoms with Crippen LogP contribution in [0.3, 0.4) is 0 Å². The van der Waals surface area contributed by atoms with Gasteiger partial charge in [-0.1, -0.05) is 37.3 Å². The second kappa shape index (κ2) is 11.3. The number of esters is 1. The third kappa shape index (κ3) is 6.86. The summed E-state index contributed by atoms with van der Waals surface area (Å²) < 4.78 is 15.9. The zero-order valence-electron chi connectivity index (χ0n) is 17.3. The van der Waals surface area contributed by atoms with Crippen molar-refractivity contribution < 1.29 is 23.8 Å². The maximum Gasteiger partial charge on any atom is 0.344 e. The SMILES string of the molecule is CCc1ccccc1OCC(=O)OCC(=O)Nc1ccc(CN2CCOCC2)cc1. The lowest BCUT2D eigenvalue weighted by molar-refractivity contribution is -0.149. The number of ether oxygens (including phenoxy) is 3. The third-order valence-corrected chi connectivity index (χ3v) is 4.81. The van der Waals surface area contributed by atoms with Crippen molar-refractivity contribution >= 4 is 17.6 Å². The number of rotatable bonds is 9. The lowest BCUT2D eigenvalue weighted by Crippen LogP contribution is -2.35. The summed E-state index contributed by atoms with van der Waals surface area (Å²) in [6.45, 7) is 5.67. The molecule has 0 spiro atoms. The van der Waals surface area contributed by atoms with Gasteiger partial charge in [0.2, 0.25) is 0 Å². The van der Waals surface area contributed by atoms with Gasteiger partial charge in [-0.15, -0.1) is 0 Å². The van der Waals surface area contributed by atoms with Gasteiger partial charge in [-0.2, -0.15) is 0 Å². The van der Waals surface area contributed by atoms with Gasteiger partial charge in [-0.05, 0) is 35.7 Å². The number of anilines is 1. The number of aryl methyl sites for hydroxylation is 1. The van der Waals surface area contributed by atoms with Crippen LogP contribution >= 0.6 is 0 Å². The molecular weight excluding hydrogens is 384 g/mol. The van der Waals surface area contributed by atoms with Crippen LogP contribution in [0.4, 0.5) is 5.69 Å². The minimum absolute atomic E-state index is 0.236. The molecule has 2 aromatic carbocycles. The average Bonchev–Trinajstić information content (AvgIpc) is 2.78. The van der Waals surface area contributed by atoms with Crippen LogP contribution in [0.1, 0.15) is 18.1 Å². The largest absolute Gasteiger partial charge is 0.482 e. The Morgan fingerprint density at radius 2 is 1.77 bits per heavy atom. The Morgan fingerprint density at radius 1 is 1.03 bits per heavy atom. The van der Waals surface area contributed by atoms with Crippen LogP contribution in [0.15, 0.2) is 48.5 Å². The Balaban J connectivity index is 1.38. The molecule has 160 valence electrons. The van der Waals surface area contributed by atoms with Crippen LogP contribution in [-0.4, -0.2) is 56.3 Å². The number of nitrogens with zero attached hydrogens (tertiary/aromatic N) is 1. The maximum atomic E-state index is 12.0. The predicted octanol–water partition coefficient (Wildman–Crippen LogP) is 2.64. The van der Waals surface area contributed by atoms with Crippen LogP contribution in [0, 0.1) is 0 Å². The molecule has 0 bridgehead atoms. The molecular formula is C23H28N2O5. The van der Waals surface area contributed by atoms with Gasteiger partial charge in [0.1, 0.15) is 5.75 Å². The zero-order valence-corrected chi connectivity index (χ0v) is 17.3. The van der Waals surface area contributed by atoms with Crippen molar-refractivity contribution in [1.29, 1.82) is 0 Å². The number of para-hydroxylation sites is 1. The number of benzene rings is 2. The normalized spacial score (nSPS) is 14.2. The van der Waals surface area contributed by atoms with Gasteiger partial charge < -0.3 is 19.5 Å². The molecule has 0 radical (unpaired) electrons. The number of nitrogens with one attached hydrogen (secondary N) is 1. The molecule has 0 aromatic heterocycles. The monoisotopic (exact) mass is 412 g/mol. The predicted molar refractivity (Wildman–Crippen MR) is 113 cm³/mol. The van der Waals surface area contributed by atoms with Crippen LogP contribution in [0.25, 0.3) is 0 Å². The van der Waals surface area contributed by atoms with E-state index in [1.807, 2.05) is 55.5 Å². The van der Waals surface area contributed by atoms with E-state index in [0.717, 1.165) is 44.8 Å². The summed E-state index contributed by atoms with van der Waals surface area (Å²) in [5.74, 6) is -0.325. The smallest absolute Gasteiger partial charge is 0.344 e. The molecule has 0 atom stereocenters. The molecule has 0 aliphatic carbocycles. The highest BCUT2D eigenvalue weighted by Gasteiger charge is 2.12. The fraction of sp³-hybridized carbons (Fsp3) is 0.391. The molecule has 7 heteroatoms. The molecule has 1 N–H and O–H groups in total. The van der Waals surface area contributed by atoms with Gasteiger partial charge in [0.05, 0.1) is 13.2 Å². The summed E-state index contributed by atoms with van der Waals surface area (Å²) >= 11 is 0. The number of morpholine rings is 1. The molecule has 1 fully saturated rings. The zero-order chi connectivity index (χ0) is 21.2. The van der Waals surface area contributed by atoms with Crippen molar-refractivity contribution in [2.45, 2.75) is 19.9 Å². The van der Waals surface area contributed by atoms with E-state index in [4.69, 9.17) is 14.2 Å². The lowest BCUT2D eigenvalue weighted by Gasteiger charge is -2.26. The fourth-order valence-corrected chi connectivity index (χ4v) is 3.17. The van der Waals surface area contributed by atoms with E-state index < -0.39 is 11.9 Å². The van der Waals surface area contributed by atoms with Crippen molar-refractivity contribution in [3.63, 3.8) is 0 Å².